The highest BCUT2D eigenvalue weighted by Gasteiger charge is 2.16. The number of nitrogens with two attached hydrogens (primary N) is 1. The minimum Gasteiger partial charge on any atom is -0.454 e. The molecule has 1 atom stereocenters. The Bertz CT molecular complexity index is 568. The zero-order chi connectivity index (χ0) is 13.8. The predicted molar refractivity (Wildman–Crippen MR) is 79.1 cm³/mol. The van der Waals surface area contributed by atoms with Gasteiger partial charge >= 0.3 is 0 Å². The van der Waals surface area contributed by atoms with Crippen LogP contribution in [0.4, 0.5) is 0 Å². The molecule has 20 heavy (non-hydrogen) atoms. The lowest BCUT2D eigenvalue weighted by atomic mass is 9.89. The second-order valence-electron chi connectivity index (χ2n) is 5.08. The van der Waals surface area contributed by atoms with E-state index in [0.717, 1.165) is 24.3 Å². The summed E-state index contributed by atoms with van der Waals surface area (Å²) < 4.78 is 10.8. The third-order valence-electron chi connectivity index (χ3n) is 3.71. The molecule has 0 saturated heterocycles. The van der Waals surface area contributed by atoms with Crippen LogP contribution in [0.25, 0.3) is 0 Å². The Hall–Kier alpha value is -2.00. The summed E-state index contributed by atoms with van der Waals surface area (Å²) in [5.41, 5.74) is 8.37. The Balaban J connectivity index is 1.80. The molecule has 0 amide bonds. The van der Waals surface area contributed by atoms with Crippen molar-refractivity contribution in [3.05, 3.63) is 59.7 Å². The summed E-state index contributed by atoms with van der Waals surface area (Å²) in [5.74, 6) is 2.13. The van der Waals surface area contributed by atoms with Crippen molar-refractivity contribution in [3.63, 3.8) is 0 Å². The van der Waals surface area contributed by atoms with Gasteiger partial charge in [-0.2, -0.15) is 0 Å². The van der Waals surface area contributed by atoms with E-state index < -0.39 is 0 Å². The lowest BCUT2D eigenvalue weighted by Gasteiger charge is -2.17. The average Bonchev–Trinajstić information content (AvgIpc) is 2.95. The summed E-state index contributed by atoms with van der Waals surface area (Å²) in [6.07, 6.45) is 1.95. The molecule has 0 aromatic heterocycles. The van der Waals surface area contributed by atoms with Gasteiger partial charge in [-0.3, -0.25) is 0 Å². The van der Waals surface area contributed by atoms with Crippen LogP contribution in [0.15, 0.2) is 48.5 Å². The fourth-order valence-corrected chi connectivity index (χ4v) is 2.67. The highest BCUT2D eigenvalue weighted by atomic mass is 16.7. The standard InChI is InChI=1S/C17H19NO2/c18-9-8-15(14-4-2-1-3-5-14)10-13-6-7-16-17(11-13)20-12-19-16/h1-7,11,15H,8-10,12,18H2. The lowest BCUT2D eigenvalue weighted by Crippen LogP contribution is -2.10. The highest BCUT2D eigenvalue weighted by Crippen LogP contribution is 2.34. The second-order valence-corrected chi connectivity index (χ2v) is 5.08. The molecular formula is C17H19NO2. The van der Waals surface area contributed by atoms with Gasteiger partial charge in [-0.1, -0.05) is 36.4 Å². The minimum absolute atomic E-state index is 0.323. The fourth-order valence-electron chi connectivity index (χ4n) is 2.67. The first-order valence-electron chi connectivity index (χ1n) is 7.00. The van der Waals surface area contributed by atoms with Crippen molar-refractivity contribution in [1.29, 1.82) is 0 Å². The van der Waals surface area contributed by atoms with E-state index in [0.29, 0.717) is 19.3 Å². The minimum atomic E-state index is 0.323. The lowest BCUT2D eigenvalue weighted by molar-refractivity contribution is 0.174. The molecule has 0 fully saturated rings. The van der Waals surface area contributed by atoms with Gasteiger partial charge in [-0.15, -0.1) is 0 Å². The summed E-state index contributed by atoms with van der Waals surface area (Å²) >= 11 is 0. The van der Waals surface area contributed by atoms with Gasteiger partial charge in [0.05, 0.1) is 0 Å². The van der Waals surface area contributed by atoms with Crippen molar-refractivity contribution < 1.29 is 9.47 Å². The van der Waals surface area contributed by atoms with Gasteiger partial charge in [-0.25, -0.2) is 0 Å². The molecule has 1 aliphatic rings. The maximum Gasteiger partial charge on any atom is 0.231 e. The largest absolute Gasteiger partial charge is 0.454 e. The molecular weight excluding hydrogens is 250 g/mol. The van der Waals surface area contributed by atoms with E-state index in [-0.39, 0.29) is 0 Å². The molecule has 1 unspecified atom stereocenters. The molecule has 0 radical (unpaired) electrons. The molecule has 0 bridgehead atoms. The van der Waals surface area contributed by atoms with Crippen LogP contribution in [0.1, 0.15) is 23.5 Å². The summed E-state index contributed by atoms with van der Waals surface area (Å²) in [5, 5.41) is 0. The molecule has 0 aliphatic carbocycles. The van der Waals surface area contributed by atoms with Crippen molar-refractivity contribution >= 4 is 0 Å². The summed E-state index contributed by atoms with van der Waals surface area (Å²) in [6, 6.07) is 16.7. The van der Waals surface area contributed by atoms with Gasteiger partial charge < -0.3 is 15.2 Å². The number of rotatable bonds is 5. The van der Waals surface area contributed by atoms with Crippen molar-refractivity contribution in [2.45, 2.75) is 18.8 Å². The molecule has 1 heterocycles. The molecule has 0 saturated carbocycles. The van der Waals surface area contributed by atoms with Crippen LogP contribution in [0.2, 0.25) is 0 Å². The van der Waals surface area contributed by atoms with Crippen LogP contribution in [0, 0.1) is 0 Å². The van der Waals surface area contributed by atoms with Crippen LogP contribution < -0.4 is 15.2 Å². The highest BCUT2D eigenvalue weighted by molar-refractivity contribution is 5.45. The number of hydrogen-bond acceptors (Lipinski definition) is 3. The van der Waals surface area contributed by atoms with E-state index in [1.165, 1.54) is 11.1 Å². The first-order valence-corrected chi connectivity index (χ1v) is 7.00. The molecule has 3 heteroatoms. The van der Waals surface area contributed by atoms with Gasteiger partial charge in [0.2, 0.25) is 6.79 Å². The number of hydrogen-bond donors (Lipinski definition) is 1. The van der Waals surface area contributed by atoms with Crippen molar-refractivity contribution in [2.75, 3.05) is 13.3 Å². The first-order chi connectivity index (χ1) is 9.86. The van der Waals surface area contributed by atoms with Gasteiger partial charge in [0.15, 0.2) is 11.5 Å². The molecule has 104 valence electrons. The van der Waals surface area contributed by atoms with Gasteiger partial charge in [-0.05, 0) is 48.6 Å². The maximum absolute atomic E-state index is 5.77. The van der Waals surface area contributed by atoms with Crippen LogP contribution >= 0.6 is 0 Å². The van der Waals surface area contributed by atoms with Gasteiger partial charge in [0, 0.05) is 0 Å². The Morgan fingerprint density at radius 1 is 1.00 bits per heavy atom. The van der Waals surface area contributed by atoms with E-state index >= 15 is 0 Å². The quantitative estimate of drug-likeness (QED) is 0.907. The van der Waals surface area contributed by atoms with E-state index in [2.05, 4.69) is 36.4 Å². The van der Waals surface area contributed by atoms with Crippen molar-refractivity contribution in [2.24, 2.45) is 5.73 Å². The smallest absolute Gasteiger partial charge is 0.231 e. The average molecular weight is 269 g/mol. The normalized spacial score (nSPS) is 14.2. The van der Waals surface area contributed by atoms with E-state index in [1.807, 2.05) is 12.1 Å². The monoisotopic (exact) mass is 269 g/mol. The molecule has 1 aliphatic heterocycles. The molecule has 2 aromatic carbocycles. The molecule has 3 rings (SSSR count). The third kappa shape index (κ3) is 2.78. The van der Waals surface area contributed by atoms with Crippen LogP contribution in [-0.4, -0.2) is 13.3 Å². The van der Waals surface area contributed by atoms with E-state index in [9.17, 15) is 0 Å². The van der Waals surface area contributed by atoms with Crippen LogP contribution in [0.3, 0.4) is 0 Å². The number of benzene rings is 2. The number of fused-ring (bicyclic) bond motifs is 1. The SMILES string of the molecule is NCCC(Cc1ccc2c(c1)OCO2)c1ccccc1. The van der Waals surface area contributed by atoms with Crippen molar-refractivity contribution in [3.8, 4) is 11.5 Å². The van der Waals surface area contributed by atoms with E-state index in [4.69, 9.17) is 15.2 Å². The van der Waals surface area contributed by atoms with Crippen molar-refractivity contribution in [1.82, 2.24) is 0 Å². The van der Waals surface area contributed by atoms with Crippen LogP contribution in [0.5, 0.6) is 11.5 Å². The Morgan fingerprint density at radius 3 is 2.60 bits per heavy atom. The topological polar surface area (TPSA) is 44.5 Å². The Kier molecular flexibility index (Phi) is 3.88. The predicted octanol–water partition coefficient (Wildman–Crippen LogP) is 3.09. The Morgan fingerprint density at radius 2 is 1.80 bits per heavy atom. The molecule has 2 aromatic rings. The summed E-state index contributed by atoms with van der Waals surface area (Å²) in [6.45, 7) is 1.02. The third-order valence-corrected chi connectivity index (χ3v) is 3.71. The number of ether oxygens (including phenoxy) is 2. The zero-order valence-electron chi connectivity index (χ0n) is 11.4. The zero-order valence-corrected chi connectivity index (χ0v) is 11.4. The second kappa shape index (κ2) is 5.97. The maximum atomic E-state index is 5.77. The van der Waals surface area contributed by atoms with Gasteiger partial charge in [0.1, 0.15) is 0 Å². The van der Waals surface area contributed by atoms with Crippen LogP contribution in [-0.2, 0) is 6.42 Å². The molecule has 0 spiro atoms. The Labute approximate surface area is 119 Å². The molecule has 2 N–H and O–H groups in total. The van der Waals surface area contributed by atoms with Gasteiger partial charge in [0.25, 0.3) is 0 Å². The fraction of sp³-hybridized carbons (Fsp3) is 0.294. The summed E-state index contributed by atoms with van der Waals surface area (Å²) in [4.78, 5) is 0. The first kappa shape index (κ1) is 13.0. The molecule has 3 nitrogen and oxygen atoms in total. The summed E-state index contributed by atoms with van der Waals surface area (Å²) in [7, 11) is 0. The van der Waals surface area contributed by atoms with E-state index in [1.54, 1.807) is 0 Å².